The summed E-state index contributed by atoms with van der Waals surface area (Å²) in [5.74, 6) is -0.237. The highest BCUT2D eigenvalue weighted by atomic mass is 32.2. The van der Waals surface area contributed by atoms with Gasteiger partial charge in [-0.2, -0.15) is 13.9 Å². The maximum absolute atomic E-state index is 13.4. The molecule has 31 heavy (non-hydrogen) atoms. The average molecular weight is 459 g/mol. The monoisotopic (exact) mass is 459 g/mol. The van der Waals surface area contributed by atoms with Crippen molar-refractivity contribution in [3.63, 3.8) is 0 Å². The van der Waals surface area contributed by atoms with E-state index in [0.717, 1.165) is 10.5 Å². The minimum Gasteiger partial charge on any atom is -0.484 e. The fourth-order valence-corrected chi connectivity index (χ4v) is 4.70. The van der Waals surface area contributed by atoms with Gasteiger partial charge >= 0.3 is 12.6 Å². The highest BCUT2D eigenvalue weighted by Crippen LogP contribution is 2.39. The minimum absolute atomic E-state index is 0.00873. The molecule has 14 heteroatoms. The Morgan fingerprint density at radius 1 is 1.39 bits per heavy atom. The number of ether oxygens (including phenoxy) is 1. The number of aryl methyl sites for hydroxylation is 1. The highest BCUT2D eigenvalue weighted by Gasteiger charge is 2.37. The zero-order chi connectivity index (χ0) is 22.9. The minimum atomic E-state index is -4.39. The summed E-state index contributed by atoms with van der Waals surface area (Å²) < 4.78 is 59.7. The number of rotatable bonds is 6. The van der Waals surface area contributed by atoms with Crippen LogP contribution >= 0.6 is 0 Å². The number of nitrogens with zero attached hydrogens (tertiary/aromatic N) is 3. The normalized spacial score (nSPS) is 15.9. The van der Waals surface area contributed by atoms with Crippen LogP contribution in [-0.2, 0) is 14.8 Å². The first-order chi connectivity index (χ1) is 14.5. The Hall–Kier alpha value is -3.42. The van der Waals surface area contributed by atoms with E-state index in [-0.39, 0.29) is 46.5 Å². The number of anilines is 2. The summed E-state index contributed by atoms with van der Waals surface area (Å²) in [6, 6.07) is 4.00. The fourth-order valence-electron chi connectivity index (χ4n) is 3.04. The van der Waals surface area contributed by atoms with E-state index in [1.165, 1.54) is 32.0 Å². The van der Waals surface area contributed by atoms with Crippen molar-refractivity contribution >= 4 is 33.4 Å². The van der Waals surface area contributed by atoms with Crippen LogP contribution in [0.25, 0.3) is 0 Å². The van der Waals surface area contributed by atoms with E-state index >= 15 is 0 Å². The van der Waals surface area contributed by atoms with E-state index in [4.69, 9.17) is 9.84 Å². The van der Waals surface area contributed by atoms with Crippen LogP contribution in [0.4, 0.5) is 25.0 Å². The van der Waals surface area contributed by atoms with Crippen LogP contribution in [-0.4, -0.2) is 54.5 Å². The fraction of sp³-hybridized carbons (Fsp3) is 0.353. The lowest BCUT2D eigenvalue weighted by Crippen LogP contribution is -2.48. The number of carboxylic acid groups (broad SMARTS) is 1. The molecule has 0 bridgehead atoms. The number of hydrogen-bond acceptors (Lipinski definition) is 6. The largest absolute Gasteiger partial charge is 0.484 e. The number of halogens is 2. The lowest BCUT2D eigenvalue weighted by atomic mass is 10.2. The molecule has 0 fully saturated rings. The summed E-state index contributed by atoms with van der Waals surface area (Å²) in [6.07, 6.45) is -1.41. The van der Waals surface area contributed by atoms with Gasteiger partial charge in [0.25, 0.3) is 10.0 Å². The van der Waals surface area contributed by atoms with Crippen molar-refractivity contribution in [2.24, 2.45) is 0 Å². The van der Waals surface area contributed by atoms with Crippen molar-refractivity contribution in [3.05, 3.63) is 30.1 Å². The van der Waals surface area contributed by atoms with Crippen LogP contribution in [0.2, 0.25) is 0 Å². The van der Waals surface area contributed by atoms with Crippen LogP contribution in [0.3, 0.4) is 0 Å². The van der Waals surface area contributed by atoms with Gasteiger partial charge < -0.3 is 15.2 Å². The summed E-state index contributed by atoms with van der Waals surface area (Å²) in [4.78, 5) is 21.8. The first-order valence-electron chi connectivity index (χ1n) is 8.90. The molecule has 1 aliphatic heterocycles. The molecule has 3 N–H and O–H groups in total. The first-order valence-corrected chi connectivity index (χ1v) is 10.3. The summed E-state index contributed by atoms with van der Waals surface area (Å²) in [6.45, 7) is -0.725. The maximum atomic E-state index is 13.4. The Bertz CT molecular complexity index is 1120. The second kappa shape index (κ2) is 8.37. The molecule has 0 saturated heterocycles. The molecule has 3 rings (SSSR count). The molecule has 0 aliphatic carbocycles. The Kier molecular flexibility index (Phi) is 6.01. The standard InChI is InChI=1S/C17H19F2N5O6S/c1-9-15(8-23(22-9)16(18)19)31(28,29)24-7-12(6-20-10(2)25)30-14-4-3-11(5-13(14)24)21-17(26)27/h3-5,8,12,16,21H,6-7H2,1-2H3,(H,20,25)(H,26,27). The van der Waals surface area contributed by atoms with Crippen molar-refractivity contribution in [2.45, 2.75) is 31.4 Å². The second-order valence-corrected chi connectivity index (χ2v) is 8.49. The Labute approximate surface area is 175 Å². The van der Waals surface area contributed by atoms with Crippen LogP contribution in [0.1, 0.15) is 19.2 Å². The van der Waals surface area contributed by atoms with Crippen molar-refractivity contribution in [1.29, 1.82) is 0 Å². The third-order valence-corrected chi connectivity index (χ3v) is 6.24. The van der Waals surface area contributed by atoms with E-state index in [9.17, 15) is 26.8 Å². The molecular weight excluding hydrogens is 440 g/mol. The number of aromatic nitrogens is 2. The topological polar surface area (TPSA) is 143 Å². The second-order valence-electron chi connectivity index (χ2n) is 6.66. The molecule has 2 amide bonds. The van der Waals surface area contributed by atoms with Crippen LogP contribution in [0.5, 0.6) is 5.75 Å². The Morgan fingerprint density at radius 3 is 2.68 bits per heavy atom. The molecule has 2 aromatic rings. The molecule has 0 radical (unpaired) electrons. The molecule has 1 atom stereocenters. The Balaban J connectivity index is 2.07. The summed E-state index contributed by atoms with van der Waals surface area (Å²) in [5.41, 5.74) is -0.0450. The number of fused-ring (bicyclic) bond motifs is 1. The summed E-state index contributed by atoms with van der Waals surface area (Å²) >= 11 is 0. The summed E-state index contributed by atoms with van der Waals surface area (Å²) in [5, 5.41) is 17.1. The number of amides is 2. The van der Waals surface area contributed by atoms with Gasteiger partial charge in [0, 0.05) is 12.6 Å². The van der Waals surface area contributed by atoms with Gasteiger partial charge in [-0.3, -0.25) is 14.4 Å². The van der Waals surface area contributed by atoms with Gasteiger partial charge in [-0.05, 0) is 25.1 Å². The molecule has 0 spiro atoms. The predicted molar refractivity (Wildman–Crippen MR) is 104 cm³/mol. The molecule has 168 valence electrons. The third-order valence-electron chi connectivity index (χ3n) is 4.36. The molecule has 11 nitrogen and oxygen atoms in total. The van der Waals surface area contributed by atoms with Gasteiger partial charge in [0.15, 0.2) is 0 Å². The van der Waals surface area contributed by atoms with E-state index in [0.29, 0.717) is 0 Å². The molecular formula is C17H19F2N5O6S. The molecule has 1 unspecified atom stereocenters. The van der Waals surface area contributed by atoms with Gasteiger partial charge in [-0.15, -0.1) is 0 Å². The van der Waals surface area contributed by atoms with Crippen LogP contribution < -0.4 is 19.7 Å². The summed E-state index contributed by atoms with van der Waals surface area (Å²) in [7, 11) is -4.39. The predicted octanol–water partition coefficient (Wildman–Crippen LogP) is 1.77. The zero-order valence-corrected chi connectivity index (χ0v) is 17.2. The van der Waals surface area contributed by atoms with Gasteiger partial charge in [0.05, 0.1) is 30.7 Å². The van der Waals surface area contributed by atoms with Crippen molar-refractivity contribution in [2.75, 3.05) is 22.7 Å². The number of alkyl halides is 2. The first kappa shape index (κ1) is 22.3. The molecule has 1 aromatic carbocycles. The average Bonchev–Trinajstić information content (AvgIpc) is 3.08. The third kappa shape index (κ3) is 4.68. The number of carbonyl (C=O) groups is 2. The Morgan fingerprint density at radius 2 is 2.10 bits per heavy atom. The van der Waals surface area contributed by atoms with Gasteiger partial charge in [-0.25, -0.2) is 17.9 Å². The van der Waals surface area contributed by atoms with E-state index in [2.05, 4.69) is 15.7 Å². The molecule has 1 aliphatic rings. The highest BCUT2D eigenvalue weighted by molar-refractivity contribution is 7.92. The van der Waals surface area contributed by atoms with Crippen LogP contribution in [0.15, 0.2) is 29.3 Å². The molecule has 1 aromatic heterocycles. The SMILES string of the molecule is CC(=O)NCC1CN(S(=O)(=O)c2cn(C(F)F)nc2C)c2cc(NC(=O)O)ccc2O1. The molecule has 2 heterocycles. The molecule has 0 saturated carbocycles. The number of carbonyl (C=O) groups excluding carboxylic acids is 1. The van der Waals surface area contributed by atoms with Crippen LogP contribution in [0, 0.1) is 6.92 Å². The van der Waals surface area contributed by atoms with Gasteiger partial charge in [0.2, 0.25) is 5.91 Å². The number of sulfonamides is 1. The zero-order valence-electron chi connectivity index (χ0n) is 16.4. The van der Waals surface area contributed by atoms with E-state index in [1.807, 2.05) is 0 Å². The lowest BCUT2D eigenvalue weighted by molar-refractivity contribution is -0.119. The number of benzene rings is 1. The van der Waals surface area contributed by atoms with Crippen molar-refractivity contribution in [3.8, 4) is 5.75 Å². The van der Waals surface area contributed by atoms with Gasteiger partial charge in [0.1, 0.15) is 16.7 Å². The van der Waals surface area contributed by atoms with Gasteiger partial charge in [-0.1, -0.05) is 0 Å². The van der Waals surface area contributed by atoms with Crippen molar-refractivity contribution in [1.82, 2.24) is 15.1 Å². The van der Waals surface area contributed by atoms with E-state index in [1.54, 1.807) is 0 Å². The number of nitrogens with one attached hydrogen (secondary N) is 2. The van der Waals surface area contributed by atoms with Crippen molar-refractivity contribution < 1.29 is 36.6 Å². The number of hydrogen-bond donors (Lipinski definition) is 3. The van der Waals surface area contributed by atoms with E-state index < -0.39 is 33.7 Å². The quantitative estimate of drug-likeness (QED) is 0.597. The lowest BCUT2D eigenvalue weighted by Gasteiger charge is -2.35. The maximum Gasteiger partial charge on any atom is 0.409 e. The smallest absolute Gasteiger partial charge is 0.409 e.